The maximum absolute atomic E-state index is 11.2. The summed E-state index contributed by atoms with van der Waals surface area (Å²) in [5, 5.41) is 23.1. The van der Waals surface area contributed by atoms with E-state index in [1.54, 1.807) is 0 Å². The number of benzene rings is 1. The van der Waals surface area contributed by atoms with Crippen molar-refractivity contribution in [2.45, 2.75) is 38.6 Å². The highest BCUT2D eigenvalue weighted by Crippen LogP contribution is 2.29. The smallest absolute Gasteiger partial charge is 0.337 e. The van der Waals surface area contributed by atoms with Crippen molar-refractivity contribution in [3.63, 3.8) is 0 Å². The molecule has 108 valence electrons. The van der Waals surface area contributed by atoms with Crippen molar-refractivity contribution in [2.75, 3.05) is 5.32 Å². The summed E-state index contributed by atoms with van der Waals surface area (Å²) in [4.78, 5) is 21.5. The van der Waals surface area contributed by atoms with Crippen molar-refractivity contribution in [2.24, 2.45) is 5.92 Å². The van der Waals surface area contributed by atoms with Crippen molar-refractivity contribution < 1.29 is 14.8 Å². The minimum absolute atomic E-state index is 0.0776. The molecule has 1 aliphatic rings. The number of hydrogen-bond donors (Lipinski definition) is 2. The highest BCUT2D eigenvalue weighted by atomic mass is 16.6. The second kappa shape index (κ2) is 5.90. The van der Waals surface area contributed by atoms with Crippen LogP contribution in [0.25, 0.3) is 0 Å². The van der Waals surface area contributed by atoms with E-state index in [2.05, 4.69) is 12.2 Å². The van der Waals surface area contributed by atoms with E-state index in [-0.39, 0.29) is 17.3 Å². The molecule has 2 atom stereocenters. The Labute approximate surface area is 117 Å². The zero-order valence-corrected chi connectivity index (χ0v) is 11.3. The van der Waals surface area contributed by atoms with Crippen LogP contribution in [-0.2, 0) is 0 Å². The Morgan fingerprint density at radius 1 is 1.45 bits per heavy atom. The number of non-ortho nitro benzene ring substituents is 1. The number of nitro benzene ring substituents is 1. The number of nitrogens with zero attached hydrogens (tertiary/aromatic N) is 1. The molecule has 0 radical (unpaired) electrons. The lowest BCUT2D eigenvalue weighted by Gasteiger charge is -2.28. The van der Waals surface area contributed by atoms with E-state index in [4.69, 9.17) is 5.11 Å². The van der Waals surface area contributed by atoms with Crippen molar-refractivity contribution in [3.05, 3.63) is 33.9 Å². The fraction of sp³-hybridized carbons (Fsp3) is 0.500. The van der Waals surface area contributed by atoms with E-state index in [1.165, 1.54) is 24.6 Å². The number of nitro groups is 1. The number of carbonyl (C=O) groups is 1. The van der Waals surface area contributed by atoms with Crippen molar-refractivity contribution >= 4 is 17.3 Å². The predicted molar refractivity (Wildman–Crippen MR) is 75.1 cm³/mol. The molecule has 20 heavy (non-hydrogen) atoms. The summed E-state index contributed by atoms with van der Waals surface area (Å²) in [6, 6.07) is 3.99. The lowest BCUT2D eigenvalue weighted by atomic mass is 9.87. The van der Waals surface area contributed by atoms with Gasteiger partial charge in [-0.15, -0.1) is 0 Å². The van der Waals surface area contributed by atoms with Gasteiger partial charge in [0.25, 0.3) is 5.69 Å². The van der Waals surface area contributed by atoms with E-state index >= 15 is 0 Å². The van der Waals surface area contributed by atoms with E-state index in [0.29, 0.717) is 11.6 Å². The Balaban J connectivity index is 2.25. The second-order valence-corrected chi connectivity index (χ2v) is 5.41. The molecule has 0 saturated heterocycles. The predicted octanol–water partition coefficient (Wildman–Crippen LogP) is 3.28. The summed E-state index contributed by atoms with van der Waals surface area (Å²) in [6.07, 6.45) is 4.20. The van der Waals surface area contributed by atoms with Gasteiger partial charge in [0.05, 0.1) is 16.2 Å². The molecular formula is C14H18N2O4. The Morgan fingerprint density at radius 3 is 2.80 bits per heavy atom. The molecule has 1 aromatic rings. The number of rotatable bonds is 4. The highest BCUT2D eigenvalue weighted by molar-refractivity contribution is 5.94. The molecule has 0 spiro atoms. The van der Waals surface area contributed by atoms with Gasteiger partial charge in [-0.1, -0.05) is 19.8 Å². The molecule has 0 aliphatic heterocycles. The molecule has 0 heterocycles. The van der Waals surface area contributed by atoms with Crippen molar-refractivity contribution in [3.8, 4) is 0 Å². The Kier molecular flexibility index (Phi) is 4.22. The summed E-state index contributed by atoms with van der Waals surface area (Å²) < 4.78 is 0. The first-order valence-electron chi connectivity index (χ1n) is 6.75. The van der Waals surface area contributed by atoms with Crippen LogP contribution in [0.5, 0.6) is 0 Å². The summed E-state index contributed by atoms with van der Waals surface area (Å²) in [7, 11) is 0. The van der Waals surface area contributed by atoms with E-state index < -0.39 is 10.9 Å². The molecule has 0 bridgehead atoms. The molecule has 2 unspecified atom stereocenters. The molecule has 1 fully saturated rings. The summed E-state index contributed by atoms with van der Waals surface area (Å²) in [5.41, 5.74) is 0.320. The first-order valence-corrected chi connectivity index (χ1v) is 6.75. The van der Waals surface area contributed by atoms with Gasteiger partial charge in [0.15, 0.2) is 0 Å². The SMILES string of the molecule is CC1CCCC(Nc2cc([N+](=O)[O-])ccc2C(=O)O)C1. The first-order chi connectivity index (χ1) is 9.47. The van der Waals surface area contributed by atoms with Gasteiger partial charge in [0.2, 0.25) is 0 Å². The van der Waals surface area contributed by atoms with Crippen LogP contribution >= 0.6 is 0 Å². The van der Waals surface area contributed by atoms with Gasteiger partial charge in [-0.05, 0) is 24.8 Å². The Bertz CT molecular complexity index is 530. The number of nitrogens with one attached hydrogen (secondary N) is 1. The molecule has 0 amide bonds. The van der Waals surface area contributed by atoms with Crippen LogP contribution in [0, 0.1) is 16.0 Å². The van der Waals surface area contributed by atoms with Gasteiger partial charge in [0.1, 0.15) is 0 Å². The molecule has 1 aromatic carbocycles. The number of hydrogen-bond acceptors (Lipinski definition) is 4. The van der Waals surface area contributed by atoms with Crippen molar-refractivity contribution in [1.29, 1.82) is 0 Å². The van der Waals surface area contributed by atoms with Gasteiger partial charge in [-0.3, -0.25) is 10.1 Å². The van der Waals surface area contributed by atoms with Crippen LogP contribution in [0.3, 0.4) is 0 Å². The second-order valence-electron chi connectivity index (χ2n) is 5.41. The van der Waals surface area contributed by atoms with E-state index in [0.717, 1.165) is 19.3 Å². The number of aromatic carboxylic acids is 1. The molecule has 0 aromatic heterocycles. The monoisotopic (exact) mass is 278 g/mol. The number of carboxylic acids is 1. The van der Waals surface area contributed by atoms with Crippen LogP contribution in [0.4, 0.5) is 11.4 Å². The minimum atomic E-state index is -1.08. The Hall–Kier alpha value is -2.11. The van der Waals surface area contributed by atoms with Gasteiger partial charge in [-0.25, -0.2) is 4.79 Å². The molecule has 6 heteroatoms. The largest absolute Gasteiger partial charge is 0.478 e. The summed E-state index contributed by atoms with van der Waals surface area (Å²) >= 11 is 0. The zero-order valence-electron chi connectivity index (χ0n) is 11.3. The zero-order chi connectivity index (χ0) is 14.7. The average Bonchev–Trinajstić information content (AvgIpc) is 2.38. The van der Waals surface area contributed by atoms with Gasteiger partial charge in [0, 0.05) is 18.2 Å². The third-order valence-corrected chi connectivity index (χ3v) is 3.74. The van der Waals surface area contributed by atoms with Gasteiger partial charge >= 0.3 is 5.97 Å². The van der Waals surface area contributed by atoms with Crippen LogP contribution in [0.2, 0.25) is 0 Å². The highest BCUT2D eigenvalue weighted by Gasteiger charge is 2.22. The minimum Gasteiger partial charge on any atom is -0.478 e. The summed E-state index contributed by atoms with van der Waals surface area (Å²) in [6.45, 7) is 2.17. The van der Waals surface area contributed by atoms with E-state index in [9.17, 15) is 14.9 Å². The number of anilines is 1. The molecule has 6 nitrogen and oxygen atoms in total. The van der Waals surface area contributed by atoms with Crippen LogP contribution in [0.15, 0.2) is 18.2 Å². The summed E-state index contributed by atoms with van der Waals surface area (Å²) in [5.74, 6) is -0.487. The van der Waals surface area contributed by atoms with Gasteiger partial charge < -0.3 is 10.4 Å². The maximum Gasteiger partial charge on any atom is 0.337 e. The third kappa shape index (κ3) is 3.26. The molecule has 2 rings (SSSR count). The van der Waals surface area contributed by atoms with Crippen molar-refractivity contribution in [1.82, 2.24) is 0 Å². The van der Waals surface area contributed by atoms with Crippen LogP contribution in [0.1, 0.15) is 43.0 Å². The maximum atomic E-state index is 11.2. The first kappa shape index (κ1) is 14.3. The quantitative estimate of drug-likeness (QED) is 0.651. The van der Waals surface area contributed by atoms with E-state index in [1.807, 2.05) is 0 Å². The van der Waals surface area contributed by atoms with Crippen LogP contribution < -0.4 is 5.32 Å². The fourth-order valence-electron chi connectivity index (χ4n) is 2.74. The lowest BCUT2D eigenvalue weighted by molar-refractivity contribution is -0.384. The molecular weight excluding hydrogens is 260 g/mol. The molecule has 2 N–H and O–H groups in total. The third-order valence-electron chi connectivity index (χ3n) is 3.74. The normalized spacial score (nSPS) is 22.2. The standard InChI is InChI=1S/C14H18N2O4/c1-9-3-2-4-10(7-9)15-13-8-11(16(19)20)5-6-12(13)14(17)18/h5-6,8-10,15H,2-4,7H2,1H3,(H,17,18). The molecule has 1 saturated carbocycles. The Morgan fingerprint density at radius 2 is 2.20 bits per heavy atom. The van der Waals surface area contributed by atoms with Gasteiger partial charge in [-0.2, -0.15) is 0 Å². The van der Waals surface area contributed by atoms with Crippen LogP contribution in [-0.4, -0.2) is 22.0 Å². The molecule has 1 aliphatic carbocycles. The number of carboxylic acid groups (broad SMARTS) is 1. The lowest BCUT2D eigenvalue weighted by Crippen LogP contribution is -2.27. The average molecular weight is 278 g/mol. The fourth-order valence-corrected chi connectivity index (χ4v) is 2.74. The topological polar surface area (TPSA) is 92.5 Å².